The van der Waals surface area contributed by atoms with Gasteiger partial charge in [0, 0.05) is 5.56 Å². The van der Waals surface area contributed by atoms with Crippen LogP contribution < -0.4 is 4.74 Å². The quantitative estimate of drug-likeness (QED) is 0.695. The lowest BCUT2D eigenvalue weighted by Gasteiger charge is -2.11. The Hall–Kier alpha value is -0.760. The number of benzene rings is 1. The predicted octanol–water partition coefficient (Wildman–Crippen LogP) is 3.99. The van der Waals surface area contributed by atoms with Gasteiger partial charge in [0.05, 0.1) is 12.5 Å². The van der Waals surface area contributed by atoms with Crippen molar-refractivity contribution < 1.29 is 9.13 Å². The fourth-order valence-corrected chi connectivity index (χ4v) is 1.43. The SMILES string of the molecule is CC(C)CCOc1c(F)cccc1CCl. The average Bonchev–Trinajstić information content (AvgIpc) is 2.20. The second kappa shape index (κ2) is 5.96. The van der Waals surface area contributed by atoms with Crippen LogP contribution >= 0.6 is 11.6 Å². The molecule has 3 heteroatoms. The molecule has 0 atom stereocenters. The van der Waals surface area contributed by atoms with Gasteiger partial charge < -0.3 is 4.74 Å². The van der Waals surface area contributed by atoms with E-state index in [0.29, 0.717) is 23.8 Å². The summed E-state index contributed by atoms with van der Waals surface area (Å²) in [6.07, 6.45) is 0.913. The zero-order valence-corrected chi connectivity index (χ0v) is 9.85. The molecule has 0 saturated carbocycles. The lowest BCUT2D eigenvalue weighted by atomic mass is 10.1. The van der Waals surface area contributed by atoms with Crippen molar-refractivity contribution in [3.8, 4) is 5.75 Å². The van der Waals surface area contributed by atoms with Crippen molar-refractivity contribution in [2.24, 2.45) is 5.92 Å². The molecule has 0 radical (unpaired) electrons. The van der Waals surface area contributed by atoms with E-state index < -0.39 is 0 Å². The Bertz CT molecular complexity index is 312. The molecule has 0 amide bonds. The number of ether oxygens (including phenoxy) is 1. The average molecular weight is 231 g/mol. The van der Waals surface area contributed by atoms with Gasteiger partial charge in [-0.25, -0.2) is 4.39 Å². The van der Waals surface area contributed by atoms with Gasteiger partial charge in [-0.3, -0.25) is 0 Å². The van der Waals surface area contributed by atoms with Gasteiger partial charge in [-0.2, -0.15) is 0 Å². The van der Waals surface area contributed by atoms with Crippen LogP contribution in [-0.2, 0) is 5.88 Å². The Balaban J connectivity index is 2.66. The van der Waals surface area contributed by atoms with Crippen molar-refractivity contribution in [2.75, 3.05) is 6.61 Å². The molecule has 84 valence electrons. The van der Waals surface area contributed by atoms with E-state index in [4.69, 9.17) is 16.3 Å². The number of rotatable bonds is 5. The van der Waals surface area contributed by atoms with Crippen molar-refractivity contribution >= 4 is 11.6 Å². The summed E-state index contributed by atoms with van der Waals surface area (Å²) in [4.78, 5) is 0. The van der Waals surface area contributed by atoms with Gasteiger partial charge in [0.15, 0.2) is 11.6 Å². The molecule has 1 aromatic carbocycles. The minimum atomic E-state index is -0.336. The number of alkyl halides is 1. The molecular formula is C12H16ClFO. The molecule has 0 aliphatic carbocycles. The Labute approximate surface area is 95.2 Å². The normalized spacial score (nSPS) is 10.7. The molecule has 0 N–H and O–H groups in total. The molecule has 0 aliphatic heterocycles. The van der Waals surface area contributed by atoms with E-state index in [-0.39, 0.29) is 11.7 Å². The van der Waals surface area contributed by atoms with Crippen LogP contribution in [0.1, 0.15) is 25.8 Å². The van der Waals surface area contributed by atoms with Crippen LogP contribution in [0.3, 0.4) is 0 Å². The van der Waals surface area contributed by atoms with Crippen LogP contribution in [0.25, 0.3) is 0 Å². The predicted molar refractivity (Wildman–Crippen MR) is 60.9 cm³/mol. The van der Waals surface area contributed by atoms with Crippen molar-refractivity contribution in [1.29, 1.82) is 0 Å². The van der Waals surface area contributed by atoms with E-state index in [1.54, 1.807) is 12.1 Å². The summed E-state index contributed by atoms with van der Waals surface area (Å²) in [6, 6.07) is 4.81. The number of halogens is 2. The fraction of sp³-hybridized carbons (Fsp3) is 0.500. The zero-order chi connectivity index (χ0) is 11.3. The summed E-state index contributed by atoms with van der Waals surface area (Å²) in [7, 11) is 0. The summed E-state index contributed by atoms with van der Waals surface area (Å²) in [5.74, 6) is 0.788. The third kappa shape index (κ3) is 3.71. The van der Waals surface area contributed by atoms with Gasteiger partial charge in [0.1, 0.15) is 0 Å². The molecule has 0 heterocycles. The maximum atomic E-state index is 13.4. The minimum Gasteiger partial charge on any atom is -0.490 e. The highest BCUT2D eigenvalue weighted by Gasteiger charge is 2.08. The standard InChI is InChI=1S/C12H16ClFO/c1-9(2)6-7-15-12-10(8-13)4-3-5-11(12)14/h3-5,9H,6-8H2,1-2H3. The molecule has 0 unspecified atom stereocenters. The molecule has 15 heavy (non-hydrogen) atoms. The molecule has 0 bridgehead atoms. The van der Waals surface area contributed by atoms with Gasteiger partial charge in [-0.1, -0.05) is 26.0 Å². The highest BCUT2D eigenvalue weighted by atomic mass is 35.5. The van der Waals surface area contributed by atoms with E-state index >= 15 is 0 Å². The molecule has 1 aromatic rings. The molecule has 0 aromatic heterocycles. The minimum absolute atomic E-state index is 0.273. The first kappa shape index (κ1) is 12.3. The van der Waals surface area contributed by atoms with Crippen LogP contribution in [0.5, 0.6) is 5.75 Å². The molecule has 0 aliphatic rings. The maximum absolute atomic E-state index is 13.4. The van der Waals surface area contributed by atoms with Crippen LogP contribution in [0.15, 0.2) is 18.2 Å². The Kier molecular flexibility index (Phi) is 4.89. The summed E-state index contributed by atoms with van der Waals surface area (Å²) < 4.78 is 18.8. The summed E-state index contributed by atoms with van der Waals surface area (Å²) in [5.41, 5.74) is 0.709. The van der Waals surface area contributed by atoms with Crippen molar-refractivity contribution in [1.82, 2.24) is 0 Å². The number of para-hydroxylation sites is 1. The maximum Gasteiger partial charge on any atom is 0.165 e. The van der Waals surface area contributed by atoms with Crippen LogP contribution in [0, 0.1) is 11.7 Å². The van der Waals surface area contributed by atoms with Crippen LogP contribution in [-0.4, -0.2) is 6.61 Å². The summed E-state index contributed by atoms with van der Waals surface area (Å²) in [6.45, 7) is 4.74. The Morgan fingerprint density at radius 1 is 1.40 bits per heavy atom. The lowest BCUT2D eigenvalue weighted by molar-refractivity contribution is 0.274. The first-order chi connectivity index (χ1) is 7.15. The van der Waals surface area contributed by atoms with Gasteiger partial charge in [-0.15, -0.1) is 11.6 Å². The first-order valence-corrected chi connectivity index (χ1v) is 5.64. The zero-order valence-electron chi connectivity index (χ0n) is 9.09. The van der Waals surface area contributed by atoms with E-state index in [2.05, 4.69) is 13.8 Å². The van der Waals surface area contributed by atoms with Crippen molar-refractivity contribution in [2.45, 2.75) is 26.1 Å². The van der Waals surface area contributed by atoms with Gasteiger partial charge in [0.25, 0.3) is 0 Å². The largest absolute Gasteiger partial charge is 0.490 e. The highest BCUT2D eigenvalue weighted by Crippen LogP contribution is 2.24. The van der Waals surface area contributed by atoms with Crippen molar-refractivity contribution in [3.63, 3.8) is 0 Å². The molecule has 0 saturated heterocycles. The Morgan fingerprint density at radius 3 is 2.73 bits per heavy atom. The van der Waals surface area contributed by atoms with E-state index in [1.165, 1.54) is 6.07 Å². The third-order valence-corrected chi connectivity index (χ3v) is 2.42. The topological polar surface area (TPSA) is 9.23 Å². The highest BCUT2D eigenvalue weighted by molar-refractivity contribution is 6.17. The third-order valence-electron chi connectivity index (χ3n) is 2.13. The van der Waals surface area contributed by atoms with Crippen molar-refractivity contribution in [3.05, 3.63) is 29.6 Å². The lowest BCUT2D eigenvalue weighted by Crippen LogP contribution is -2.04. The number of hydrogen-bond donors (Lipinski definition) is 0. The molecule has 0 fully saturated rings. The van der Waals surface area contributed by atoms with Gasteiger partial charge in [0.2, 0.25) is 0 Å². The van der Waals surface area contributed by atoms with Gasteiger partial charge in [-0.05, 0) is 18.4 Å². The van der Waals surface area contributed by atoms with Crippen LogP contribution in [0.2, 0.25) is 0 Å². The fourth-order valence-electron chi connectivity index (χ4n) is 1.22. The molecule has 1 nitrogen and oxygen atoms in total. The number of hydrogen-bond acceptors (Lipinski definition) is 1. The second-order valence-electron chi connectivity index (χ2n) is 3.89. The summed E-state index contributed by atoms with van der Waals surface area (Å²) in [5, 5.41) is 0. The van der Waals surface area contributed by atoms with E-state index in [0.717, 1.165) is 6.42 Å². The molecule has 1 rings (SSSR count). The molecular weight excluding hydrogens is 215 g/mol. The van der Waals surface area contributed by atoms with Gasteiger partial charge >= 0.3 is 0 Å². The Morgan fingerprint density at radius 2 is 2.13 bits per heavy atom. The van der Waals surface area contributed by atoms with Crippen LogP contribution in [0.4, 0.5) is 4.39 Å². The summed E-state index contributed by atoms with van der Waals surface area (Å²) >= 11 is 5.70. The smallest absolute Gasteiger partial charge is 0.165 e. The monoisotopic (exact) mass is 230 g/mol. The second-order valence-corrected chi connectivity index (χ2v) is 4.16. The van der Waals surface area contributed by atoms with E-state index in [1.807, 2.05) is 0 Å². The first-order valence-electron chi connectivity index (χ1n) is 5.11. The molecule has 0 spiro atoms. The van der Waals surface area contributed by atoms with E-state index in [9.17, 15) is 4.39 Å².